The number of nitrogens with one attached hydrogen (secondary N) is 1. The number of rotatable bonds is 5. The Morgan fingerprint density at radius 1 is 1.43 bits per heavy atom. The van der Waals surface area contributed by atoms with E-state index < -0.39 is 15.9 Å². The zero-order valence-electron chi connectivity index (χ0n) is 11.3. The lowest BCUT2D eigenvalue weighted by molar-refractivity contribution is 0.100. The summed E-state index contributed by atoms with van der Waals surface area (Å²) >= 11 is 0. The fraction of sp³-hybridized carbons (Fsp3) is 0.167. The van der Waals surface area contributed by atoms with E-state index in [1.807, 2.05) is 6.92 Å². The largest absolute Gasteiger partial charge is 0.381 e. The highest BCUT2D eigenvalue weighted by atomic mass is 32.2. The average Bonchev–Trinajstić information content (AvgIpc) is 2.80. The number of hydrogen-bond donors (Lipinski definition) is 3. The summed E-state index contributed by atoms with van der Waals surface area (Å²) in [5.74, 6) is -0.732. The van der Waals surface area contributed by atoms with Crippen molar-refractivity contribution in [3.63, 3.8) is 0 Å². The first-order valence-corrected chi connectivity index (χ1v) is 7.57. The van der Waals surface area contributed by atoms with E-state index in [0.717, 1.165) is 0 Å². The maximum atomic E-state index is 12.3. The highest BCUT2D eigenvalue weighted by Crippen LogP contribution is 2.21. The van der Waals surface area contributed by atoms with Crippen LogP contribution in [-0.2, 0) is 16.6 Å². The molecule has 1 heterocycles. The SMILES string of the molecule is CCn1cc(S(=O)(=O)Nc2cccc(C(N)=O)c2)c(N)n1. The number of benzene rings is 1. The molecule has 0 aliphatic heterocycles. The molecule has 21 heavy (non-hydrogen) atoms. The van der Waals surface area contributed by atoms with Crippen molar-refractivity contribution < 1.29 is 13.2 Å². The van der Waals surface area contributed by atoms with Gasteiger partial charge in [-0.3, -0.25) is 14.2 Å². The van der Waals surface area contributed by atoms with Crippen molar-refractivity contribution in [1.29, 1.82) is 0 Å². The number of amides is 1. The van der Waals surface area contributed by atoms with E-state index >= 15 is 0 Å². The van der Waals surface area contributed by atoms with Gasteiger partial charge in [-0.25, -0.2) is 8.42 Å². The number of primary amides is 1. The summed E-state index contributed by atoms with van der Waals surface area (Å²) in [5, 5.41) is 3.88. The van der Waals surface area contributed by atoms with Crippen LogP contribution in [0.25, 0.3) is 0 Å². The van der Waals surface area contributed by atoms with Gasteiger partial charge in [0.1, 0.15) is 4.90 Å². The molecule has 0 radical (unpaired) electrons. The van der Waals surface area contributed by atoms with Crippen molar-refractivity contribution >= 4 is 27.4 Å². The Kier molecular flexibility index (Phi) is 3.85. The Hall–Kier alpha value is -2.55. The number of anilines is 2. The van der Waals surface area contributed by atoms with Crippen LogP contribution < -0.4 is 16.2 Å². The Labute approximate surface area is 121 Å². The van der Waals surface area contributed by atoms with E-state index in [4.69, 9.17) is 11.5 Å². The van der Waals surface area contributed by atoms with Crippen LogP contribution in [0.2, 0.25) is 0 Å². The molecule has 0 saturated heterocycles. The number of carbonyl (C=O) groups excluding carboxylic acids is 1. The van der Waals surface area contributed by atoms with Gasteiger partial charge in [-0.05, 0) is 25.1 Å². The minimum Gasteiger partial charge on any atom is -0.381 e. The molecule has 0 spiro atoms. The Bertz CT molecular complexity index is 782. The molecule has 2 rings (SSSR count). The normalized spacial score (nSPS) is 11.3. The van der Waals surface area contributed by atoms with E-state index in [2.05, 4.69) is 9.82 Å². The van der Waals surface area contributed by atoms with Gasteiger partial charge in [-0.1, -0.05) is 6.07 Å². The zero-order valence-corrected chi connectivity index (χ0v) is 12.1. The molecule has 8 nitrogen and oxygen atoms in total. The van der Waals surface area contributed by atoms with Crippen LogP contribution in [0, 0.1) is 0 Å². The molecular formula is C12H15N5O3S. The first-order chi connectivity index (χ1) is 9.83. The number of sulfonamides is 1. The quantitative estimate of drug-likeness (QED) is 0.734. The Morgan fingerprint density at radius 3 is 2.71 bits per heavy atom. The van der Waals surface area contributed by atoms with Crippen LogP contribution in [0.1, 0.15) is 17.3 Å². The number of aromatic nitrogens is 2. The van der Waals surface area contributed by atoms with Gasteiger partial charge in [-0.2, -0.15) is 5.10 Å². The molecule has 1 aromatic carbocycles. The first kappa shape index (κ1) is 14.9. The molecule has 0 aliphatic rings. The summed E-state index contributed by atoms with van der Waals surface area (Å²) in [5.41, 5.74) is 11.2. The predicted molar refractivity (Wildman–Crippen MR) is 78.1 cm³/mol. The third-order valence-electron chi connectivity index (χ3n) is 2.77. The van der Waals surface area contributed by atoms with Crippen molar-refractivity contribution in [1.82, 2.24) is 9.78 Å². The summed E-state index contributed by atoms with van der Waals surface area (Å²) in [6.07, 6.45) is 1.34. The lowest BCUT2D eigenvalue weighted by Gasteiger charge is -2.07. The minimum atomic E-state index is -3.89. The highest BCUT2D eigenvalue weighted by molar-refractivity contribution is 7.92. The van der Waals surface area contributed by atoms with Gasteiger partial charge in [-0.15, -0.1) is 0 Å². The summed E-state index contributed by atoms with van der Waals surface area (Å²) in [4.78, 5) is 11.0. The summed E-state index contributed by atoms with van der Waals surface area (Å²) < 4.78 is 28.3. The second-order valence-corrected chi connectivity index (χ2v) is 5.94. The topological polar surface area (TPSA) is 133 Å². The molecule has 2 aromatic rings. The second kappa shape index (κ2) is 5.44. The molecule has 5 N–H and O–H groups in total. The smallest absolute Gasteiger partial charge is 0.267 e. The number of hydrogen-bond acceptors (Lipinski definition) is 5. The minimum absolute atomic E-state index is 0.0876. The average molecular weight is 309 g/mol. The zero-order chi connectivity index (χ0) is 15.6. The van der Waals surface area contributed by atoms with Crippen LogP contribution in [-0.4, -0.2) is 24.1 Å². The number of nitrogens with two attached hydrogens (primary N) is 2. The molecular weight excluding hydrogens is 294 g/mol. The standard InChI is InChI=1S/C12H15N5O3S/c1-2-17-7-10(11(13)15-17)21(19,20)16-9-5-3-4-8(6-9)12(14)18/h3-7,16H,2H2,1H3,(H2,13,15)(H2,14,18). The number of carbonyl (C=O) groups is 1. The lowest BCUT2D eigenvalue weighted by atomic mass is 10.2. The Morgan fingerprint density at radius 2 is 2.14 bits per heavy atom. The summed E-state index contributed by atoms with van der Waals surface area (Å²) in [7, 11) is -3.89. The fourth-order valence-electron chi connectivity index (χ4n) is 1.73. The molecule has 0 fully saturated rings. The third-order valence-corrected chi connectivity index (χ3v) is 4.17. The van der Waals surface area contributed by atoms with E-state index in [1.54, 1.807) is 0 Å². The van der Waals surface area contributed by atoms with Crippen molar-refractivity contribution in [2.45, 2.75) is 18.4 Å². The van der Waals surface area contributed by atoms with Gasteiger partial charge >= 0.3 is 0 Å². The molecule has 1 amide bonds. The predicted octanol–water partition coefficient (Wildman–Crippen LogP) is 0.385. The van der Waals surface area contributed by atoms with Gasteiger partial charge in [0.15, 0.2) is 5.82 Å². The molecule has 0 bridgehead atoms. The number of nitrogens with zero attached hydrogens (tertiary/aromatic N) is 2. The lowest BCUT2D eigenvalue weighted by Crippen LogP contribution is -2.15. The highest BCUT2D eigenvalue weighted by Gasteiger charge is 2.21. The number of nitrogen functional groups attached to an aromatic ring is 1. The molecule has 0 saturated carbocycles. The van der Waals surface area contributed by atoms with Gasteiger partial charge in [0, 0.05) is 24.0 Å². The van der Waals surface area contributed by atoms with Gasteiger partial charge < -0.3 is 11.5 Å². The van der Waals surface area contributed by atoms with E-state index in [-0.39, 0.29) is 22.0 Å². The maximum absolute atomic E-state index is 12.3. The van der Waals surface area contributed by atoms with Gasteiger partial charge in [0.05, 0.1) is 0 Å². The molecule has 112 valence electrons. The molecule has 0 aliphatic carbocycles. The van der Waals surface area contributed by atoms with E-state index in [1.165, 1.54) is 35.1 Å². The summed E-state index contributed by atoms with van der Waals surface area (Å²) in [6, 6.07) is 5.87. The second-order valence-electron chi connectivity index (χ2n) is 4.28. The van der Waals surface area contributed by atoms with Crippen LogP contribution in [0.4, 0.5) is 11.5 Å². The van der Waals surface area contributed by atoms with Crippen molar-refractivity contribution in [2.75, 3.05) is 10.5 Å². The molecule has 9 heteroatoms. The third kappa shape index (κ3) is 3.14. The van der Waals surface area contributed by atoms with Crippen LogP contribution in [0.15, 0.2) is 35.4 Å². The van der Waals surface area contributed by atoms with E-state index in [9.17, 15) is 13.2 Å². The summed E-state index contributed by atoms with van der Waals surface area (Å²) in [6.45, 7) is 2.31. The fourth-order valence-corrected chi connectivity index (χ4v) is 2.86. The van der Waals surface area contributed by atoms with Crippen molar-refractivity contribution in [3.8, 4) is 0 Å². The van der Waals surface area contributed by atoms with Gasteiger partial charge in [0.2, 0.25) is 5.91 Å². The van der Waals surface area contributed by atoms with Crippen LogP contribution in [0.5, 0.6) is 0 Å². The first-order valence-electron chi connectivity index (χ1n) is 6.09. The van der Waals surface area contributed by atoms with E-state index in [0.29, 0.717) is 6.54 Å². The van der Waals surface area contributed by atoms with Gasteiger partial charge in [0.25, 0.3) is 10.0 Å². The van der Waals surface area contributed by atoms with Crippen molar-refractivity contribution in [2.24, 2.45) is 5.73 Å². The molecule has 0 atom stereocenters. The van der Waals surface area contributed by atoms with Crippen LogP contribution >= 0.6 is 0 Å². The number of aryl methyl sites for hydroxylation is 1. The van der Waals surface area contributed by atoms with Crippen LogP contribution in [0.3, 0.4) is 0 Å². The molecule has 1 aromatic heterocycles. The Balaban J connectivity index is 2.35. The van der Waals surface area contributed by atoms with Crippen molar-refractivity contribution in [3.05, 3.63) is 36.0 Å². The maximum Gasteiger partial charge on any atom is 0.267 e. The molecule has 0 unspecified atom stereocenters. The monoisotopic (exact) mass is 309 g/mol.